The van der Waals surface area contributed by atoms with Crippen LogP contribution in [0.3, 0.4) is 0 Å². The molecule has 2 N–H and O–H groups in total. The number of ether oxygens (including phenoxy) is 1. The summed E-state index contributed by atoms with van der Waals surface area (Å²) in [5.74, 6) is 0.939. The van der Waals surface area contributed by atoms with Crippen molar-refractivity contribution >= 4 is 10.9 Å². The molecule has 0 saturated heterocycles. The molecule has 0 aliphatic carbocycles. The Morgan fingerprint density at radius 2 is 1.76 bits per heavy atom. The average molecular weight is 280 g/mol. The van der Waals surface area contributed by atoms with Crippen molar-refractivity contribution in [1.29, 1.82) is 0 Å². The summed E-state index contributed by atoms with van der Waals surface area (Å²) >= 11 is 0. The molecular weight excluding hydrogens is 260 g/mol. The van der Waals surface area contributed by atoms with E-state index in [1.807, 2.05) is 30.3 Å². The Morgan fingerprint density at radius 1 is 0.952 bits per heavy atom. The van der Waals surface area contributed by atoms with Crippen molar-refractivity contribution in [2.24, 2.45) is 0 Å². The Balaban J connectivity index is 1.39. The Kier molecular flexibility index (Phi) is 4.54. The van der Waals surface area contributed by atoms with Crippen LogP contribution >= 0.6 is 0 Å². The minimum absolute atomic E-state index is 0.741. The highest BCUT2D eigenvalue weighted by Gasteiger charge is 2.01. The van der Waals surface area contributed by atoms with Crippen molar-refractivity contribution in [2.75, 3.05) is 13.2 Å². The molecule has 21 heavy (non-hydrogen) atoms. The Bertz CT molecular complexity index is 676. The van der Waals surface area contributed by atoms with E-state index in [2.05, 4.69) is 40.8 Å². The Morgan fingerprint density at radius 3 is 2.67 bits per heavy atom. The van der Waals surface area contributed by atoms with E-state index < -0.39 is 0 Å². The van der Waals surface area contributed by atoms with Crippen molar-refractivity contribution < 1.29 is 4.74 Å². The summed E-state index contributed by atoms with van der Waals surface area (Å²) in [5.41, 5.74) is 2.51. The number of aromatic amines is 1. The maximum Gasteiger partial charge on any atom is 0.119 e. The van der Waals surface area contributed by atoms with Gasteiger partial charge in [0.25, 0.3) is 0 Å². The first-order valence-electron chi connectivity index (χ1n) is 7.37. The molecule has 0 unspecified atom stereocenters. The maximum absolute atomic E-state index is 5.67. The quantitative estimate of drug-likeness (QED) is 0.647. The SMILES string of the molecule is c1ccc(OCCCNCc2c[nH]c3ccccc23)cc1. The van der Waals surface area contributed by atoms with Crippen molar-refractivity contribution in [3.63, 3.8) is 0 Å². The van der Waals surface area contributed by atoms with E-state index in [1.54, 1.807) is 0 Å². The number of para-hydroxylation sites is 2. The molecule has 3 nitrogen and oxygen atoms in total. The van der Waals surface area contributed by atoms with Crippen LogP contribution in [0.25, 0.3) is 10.9 Å². The van der Waals surface area contributed by atoms with Gasteiger partial charge in [-0.15, -0.1) is 0 Å². The first-order valence-corrected chi connectivity index (χ1v) is 7.37. The van der Waals surface area contributed by atoms with Crippen LogP contribution in [-0.4, -0.2) is 18.1 Å². The standard InChI is InChI=1S/C18H20N2O/c1-2-7-16(8-3-1)21-12-6-11-19-13-15-14-20-18-10-5-4-9-17(15)18/h1-5,7-10,14,19-20H,6,11-13H2. The zero-order valence-corrected chi connectivity index (χ0v) is 12.0. The predicted molar refractivity (Wildman–Crippen MR) is 86.6 cm³/mol. The second kappa shape index (κ2) is 6.95. The van der Waals surface area contributed by atoms with Crippen molar-refractivity contribution in [3.8, 4) is 5.75 Å². The van der Waals surface area contributed by atoms with E-state index >= 15 is 0 Å². The highest BCUT2D eigenvalue weighted by atomic mass is 16.5. The summed E-state index contributed by atoms with van der Waals surface area (Å²) in [4.78, 5) is 3.30. The van der Waals surface area contributed by atoms with Gasteiger partial charge in [0.05, 0.1) is 6.61 Å². The number of hydrogen-bond acceptors (Lipinski definition) is 2. The van der Waals surface area contributed by atoms with Crippen molar-refractivity contribution in [2.45, 2.75) is 13.0 Å². The van der Waals surface area contributed by atoms with Gasteiger partial charge in [0.15, 0.2) is 0 Å². The average Bonchev–Trinajstić information content (AvgIpc) is 2.95. The van der Waals surface area contributed by atoms with Gasteiger partial charge in [-0.25, -0.2) is 0 Å². The lowest BCUT2D eigenvalue weighted by Gasteiger charge is -2.06. The molecule has 3 heteroatoms. The summed E-state index contributed by atoms with van der Waals surface area (Å²) in [6.45, 7) is 2.58. The maximum atomic E-state index is 5.67. The molecule has 0 aliphatic heterocycles. The van der Waals surface area contributed by atoms with Gasteiger partial charge < -0.3 is 15.0 Å². The zero-order valence-electron chi connectivity index (χ0n) is 12.0. The van der Waals surface area contributed by atoms with Gasteiger partial charge in [-0.1, -0.05) is 36.4 Å². The van der Waals surface area contributed by atoms with E-state index in [9.17, 15) is 0 Å². The van der Waals surface area contributed by atoms with E-state index in [-0.39, 0.29) is 0 Å². The molecule has 0 fully saturated rings. The summed E-state index contributed by atoms with van der Waals surface area (Å²) in [6, 6.07) is 18.3. The smallest absolute Gasteiger partial charge is 0.119 e. The van der Waals surface area contributed by atoms with E-state index in [0.29, 0.717) is 0 Å². The first kappa shape index (κ1) is 13.7. The minimum Gasteiger partial charge on any atom is -0.494 e. The van der Waals surface area contributed by atoms with Crippen LogP contribution in [0, 0.1) is 0 Å². The molecule has 108 valence electrons. The number of benzene rings is 2. The van der Waals surface area contributed by atoms with Crippen LogP contribution in [0.2, 0.25) is 0 Å². The highest BCUT2D eigenvalue weighted by molar-refractivity contribution is 5.82. The van der Waals surface area contributed by atoms with Gasteiger partial charge in [0, 0.05) is 23.6 Å². The van der Waals surface area contributed by atoms with Crippen LogP contribution < -0.4 is 10.1 Å². The first-order chi connectivity index (χ1) is 10.4. The monoisotopic (exact) mass is 280 g/mol. The molecule has 0 bridgehead atoms. The summed E-state index contributed by atoms with van der Waals surface area (Å²) in [7, 11) is 0. The molecule has 1 aromatic heterocycles. The lowest BCUT2D eigenvalue weighted by atomic mass is 10.2. The normalized spacial score (nSPS) is 10.9. The molecule has 3 aromatic rings. The van der Waals surface area contributed by atoms with Crippen LogP contribution in [0.4, 0.5) is 0 Å². The second-order valence-electron chi connectivity index (χ2n) is 5.05. The third-order valence-electron chi connectivity index (χ3n) is 3.50. The van der Waals surface area contributed by atoms with Crippen LogP contribution in [0.15, 0.2) is 60.8 Å². The van der Waals surface area contributed by atoms with E-state index in [1.165, 1.54) is 16.5 Å². The summed E-state index contributed by atoms with van der Waals surface area (Å²) in [6.07, 6.45) is 3.08. The third kappa shape index (κ3) is 3.64. The van der Waals surface area contributed by atoms with Crippen LogP contribution in [0.5, 0.6) is 5.75 Å². The van der Waals surface area contributed by atoms with E-state index in [0.717, 1.165) is 31.9 Å². The van der Waals surface area contributed by atoms with Gasteiger partial charge in [-0.05, 0) is 36.7 Å². The van der Waals surface area contributed by atoms with Crippen molar-refractivity contribution in [1.82, 2.24) is 10.3 Å². The van der Waals surface area contributed by atoms with Crippen molar-refractivity contribution in [3.05, 3.63) is 66.4 Å². The van der Waals surface area contributed by atoms with Gasteiger partial charge >= 0.3 is 0 Å². The molecule has 1 heterocycles. The van der Waals surface area contributed by atoms with Crippen LogP contribution in [0.1, 0.15) is 12.0 Å². The number of aromatic nitrogens is 1. The lowest BCUT2D eigenvalue weighted by molar-refractivity contribution is 0.308. The molecule has 0 spiro atoms. The van der Waals surface area contributed by atoms with Gasteiger partial charge in [-0.2, -0.15) is 0 Å². The number of fused-ring (bicyclic) bond motifs is 1. The summed E-state index contributed by atoms with van der Waals surface area (Å²) < 4.78 is 5.67. The van der Waals surface area contributed by atoms with E-state index in [4.69, 9.17) is 4.74 Å². The molecule has 0 amide bonds. The topological polar surface area (TPSA) is 37.0 Å². The molecule has 0 atom stereocenters. The Hall–Kier alpha value is -2.26. The third-order valence-corrected chi connectivity index (χ3v) is 3.50. The molecule has 3 rings (SSSR count). The fourth-order valence-electron chi connectivity index (χ4n) is 2.40. The van der Waals surface area contributed by atoms with Gasteiger partial charge in [0.2, 0.25) is 0 Å². The predicted octanol–water partition coefficient (Wildman–Crippen LogP) is 3.73. The zero-order chi connectivity index (χ0) is 14.3. The lowest BCUT2D eigenvalue weighted by Crippen LogP contribution is -2.16. The number of nitrogens with one attached hydrogen (secondary N) is 2. The van der Waals surface area contributed by atoms with Gasteiger partial charge in [0.1, 0.15) is 5.75 Å². The molecule has 2 aromatic carbocycles. The Labute approximate surface area is 125 Å². The number of hydrogen-bond donors (Lipinski definition) is 2. The molecular formula is C18H20N2O. The number of H-pyrrole nitrogens is 1. The minimum atomic E-state index is 0.741. The van der Waals surface area contributed by atoms with Gasteiger partial charge in [-0.3, -0.25) is 0 Å². The fourth-order valence-corrected chi connectivity index (χ4v) is 2.40. The number of rotatable bonds is 7. The largest absolute Gasteiger partial charge is 0.494 e. The second-order valence-corrected chi connectivity index (χ2v) is 5.05. The fraction of sp³-hybridized carbons (Fsp3) is 0.222. The van der Waals surface area contributed by atoms with Crippen LogP contribution in [-0.2, 0) is 6.54 Å². The molecule has 0 radical (unpaired) electrons. The molecule has 0 aliphatic rings. The highest BCUT2D eigenvalue weighted by Crippen LogP contribution is 2.17. The molecule has 0 saturated carbocycles. The summed E-state index contributed by atoms with van der Waals surface area (Å²) in [5, 5.41) is 4.76.